The molecule has 0 aromatic carbocycles. The monoisotopic (exact) mass is 284 g/mol. The molecule has 0 saturated carbocycles. The molecule has 0 fully saturated rings. The fourth-order valence-electron chi connectivity index (χ4n) is 1.13. The van der Waals surface area contributed by atoms with Crippen molar-refractivity contribution in [2.24, 2.45) is 17.3 Å². The van der Waals surface area contributed by atoms with E-state index < -0.39 is 0 Å². The molecule has 0 aromatic heterocycles. The van der Waals surface area contributed by atoms with Gasteiger partial charge >= 0.3 is 0 Å². The highest BCUT2D eigenvalue weighted by Crippen LogP contribution is 2.08. The number of hydrazine groups is 1. The smallest absolute Gasteiger partial charge is 0.0471 e. The Morgan fingerprint density at radius 3 is 1.95 bits per heavy atom. The lowest BCUT2D eigenvalue weighted by atomic mass is 10.1. The highest BCUT2D eigenvalue weighted by Gasteiger charge is 2.14. The summed E-state index contributed by atoms with van der Waals surface area (Å²) in [5, 5.41) is 7.98. The maximum atomic E-state index is 5.90. The van der Waals surface area contributed by atoms with Crippen molar-refractivity contribution in [1.29, 1.82) is 0 Å². The fraction of sp³-hybridized carbons (Fsp3) is 0.714. The van der Waals surface area contributed by atoms with Gasteiger partial charge in [0.1, 0.15) is 0 Å². The summed E-state index contributed by atoms with van der Waals surface area (Å²) in [7, 11) is 0. The average molecular weight is 284 g/mol. The molecule has 0 unspecified atom stereocenters. The second kappa shape index (κ2) is 7.40. The molecule has 20 heavy (non-hydrogen) atoms. The van der Waals surface area contributed by atoms with Crippen molar-refractivity contribution >= 4 is 0 Å². The van der Waals surface area contributed by atoms with E-state index in [1.807, 2.05) is 27.0 Å². The Kier molecular flexibility index (Phi) is 6.88. The van der Waals surface area contributed by atoms with Crippen LogP contribution in [0.3, 0.4) is 0 Å². The van der Waals surface area contributed by atoms with Gasteiger partial charge in [0.25, 0.3) is 0 Å². The van der Waals surface area contributed by atoms with Gasteiger partial charge in [-0.1, -0.05) is 0 Å². The van der Waals surface area contributed by atoms with E-state index in [0.717, 1.165) is 5.70 Å². The SMILES string of the molecule is CC(C)(C)N/C=C(\N)CNC/C(N)=C/N(N)C(C)(C)C. The molecule has 0 amide bonds. The third-order valence-electron chi connectivity index (χ3n) is 2.43. The first-order valence-corrected chi connectivity index (χ1v) is 6.85. The van der Waals surface area contributed by atoms with Crippen LogP contribution in [0, 0.1) is 0 Å². The Bertz CT molecular complexity index is 346. The number of nitrogens with one attached hydrogen (secondary N) is 2. The van der Waals surface area contributed by atoms with Gasteiger partial charge in [-0.15, -0.1) is 0 Å². The highest BCUT2D eigenvalue weighted by atomic mass is 15.4. The zero-order valence-corrected chi connectivity index (χ0v) is 13.7. The van der Waals surface area contributed by atoms with Crippen LogP contribution < -0.4 is 27.9 Å². The molecule has 118 valence electrons. The lowest BCUT2D eigenvalue weighted by molar-refractivity contribution is 0.208. The summed E-state index contributed by atoms with van der Waals surface area (Å²) >= 11 is 0. The number of hydrogen-bond acceptors (Lipinski definition) is 6. The van der Waals surface area contributed by atoms with Crippen molar-refractivity contribution in [2.45, 2.75) is 52.6 Å². The van der Waals surface area contributed by atoms with Gasteiger partial charge in [-0.05, 0) is 41.5 Å². The van der Waals surface area contributed by atoms with E-state index in [9.17, 15) is 0 Å². The van der Waals surface area contributed by atoms with Crippen molar-refractivity contribution in [3.05, 3.63) is 23.8 Å². The summed E-state index contributed by atoms with van der Waals surface area (Å²) in [6, 6.07) is 0. The molecular weight excluding hydrogens is 252 g/mol. The maximum absolute atomic E-state index is 5.90. The molecule has 0 saturated heterocycles. The molecule has 6 heteroatoms. The maximum Gasteiger partial charge on any atom is 0.0471 e. The minimum Gasteiger partial charge on any atom is -0.400 e. The summed E-state index contributed by atoms with van der Waals surface area (Å²) in [5.74, 6) is 5.88. The average Bonchev–Trinajstić information content (AvgIpc) is 2.24. The number of nitrogens with two attached hydrogens (primary N) is 3. The van der Waals surface area contributed by atoms with Crippen molar-refractivity contribution in [3.8, 4) is 0 Å². The van der Waals surface area contributed by atoms with E-state index in [1.165, 1.54) is 0 Å². The number of rotatable bonds is 6. The molecule has 0 spiro atoms. The molecule has 0 radical (unpaired) electrons. The van der Waals surface area contributed by atoms with Crippen LogP contribution >= 0.6 is 0 Å². The van der Waals surface area contributed by atoms with Gasteiger partial charge in [-0.2, -0.15) is 0 Å². The Hall–Kier alpha value is -1.40. The van der Waals surface area contributed by atoms with Crippen LogP contribution in [0.15, 0.2) is 23.8 Å². The fourth-order valence-corrected chi connectivity index (χ4v) is 1.13. The molecule has 0 atom stereocenters. The molecular formula is C14H32N6. The van der Waals surface area contributed by atoms with Crippen LogP contribution in [0.25, 0.3) is 0 Å². The van der Waals surface area contributed by atoms with Crippen LogP contribution in [0.5, 0.6) is 0 Å². The summed E-state index contributed by atoms with van der Waals surface area (Å²) < 4.78 is 0. The zero-order valence-electron chi connectivity index (χ0n) is 13.7. The molecule has 0 aliphatic rings. The van der Waals surface area contributed by atoms with E-state index in [0.29, 0.717) is 18.8 Å². The molecule has 0 heterocycles. The molecule has 0 bridgehead atoms. The first kappa shape index (κ1) is 18.6. The second-order valence-electron chi connectivity index (χ2n) is 7.00. The van der Waals surface area contributed by atoms with Gasteiger partial charge in [0.05, 0.1) is 0 Å². The van der Waals surface area contributed by atoms with Crippen molar-refractivity contribution in [2.75, 3.05) is 13.1 Å². The summed E-state index contributed by atoms with van der Waals surface area (Å²) in [4.78, 5) is 0. The largest absolute Gasteiger partial charge is 0.400 e. The Balaban J connectivity index is 4.15. The topological polar surface area (TPSA) is 105 Å². The van der Waals surface area contributed by atoms with Crippen molar-refractivity contribution in [1.82, 2.24) is 15.6 Å². The van der Waals surface area contributed by atoms with Crippen LogP contribution in [0.2, 0.25) is 0 Å². The quantitative estimate of drug-likeness (QED) is 0.360. The van der Waals surface area contributed by atoms with Crippen LogP contribution in [-0.2, 0) is 0 Å². The van der Waals surface area contributed by atoms with Gasteiger partial charge in [-0.25, -0.2) is 5.84 Å². The third kappa shape index (κ3) is 9.52. The predicted molar refractivity (Wildman–Crippen MR) is 86.1 cm³/mol. The third-order valence-corrected chi connectivity index (χ3v) is 2.43. The highest BCUT2D eigenvalue weighted by molar-refractivity contribution is 5.03. The number of hydrogen-bond donors (Lipinski definition) is 5. The van der Waals surface area contributed by atoms with Gasteiger partial charge in [-0.3, -0.25) is 0 Å². The molecule has 6 nitrogen and oxygen atoms in total. The molecule has 8 N–H and O–H groups in total. The summed E-state index contributed by atoms with van der Waals surface area (Å²) in [6.45, 7) is 13.4. The van der Waals surface area contributed by atoms with Gasteiger partial charge in [0.15, 0.2) is 0 Å². The standard InChI is InChI=1S/C14H32N6/c1-13(2,3)19-9-11(15)7-18-8-12(16)10-20(17)14(4,5)6/h9-10,18-19H,7-8,15-17H2,1-6H3/b11-9-,12-10-. The van der Waals surface area contributed by atoms with Crippen molar-refractivity contribution < 1.29 is 0 Å². The van der Waals surface area contributed by atoms with Crippen LogP contribution in [0.4, 0.5) is 0 Å². The van der Waals surface area contributed by atoms with E-state index in [1.54, 1.807) is 11.2 Å². The lowest BCUT2D eigenvalue weighted by Gasteiger charge is -2.30. The first-order valence-electron chi connectivity index (χ1n) is 6.85. The predicted octanol–water partition coefficient (Wildman–Crippen LogP) is 0.539. The minimum absolute atomic E-state index is 0.0102. The first-order chi connectivity index (χ1) is 8.92. The lowest BCUT2D eigenvalue weighted by Crippen LogP contribution is -2.43. The number of nitrogens with zero attached hydrogens (tertiary/aromatic N) is 1. The molecule has 0 aromatic rings. The Morgan fingerprint density at radius 2 is 1.50 bits per heavy atom. The minimum atomic E-state index is -0.153. The Morgan fingerprint density at radius 1 is 1.00 bits per heavy atom. The molecule has 0 aliphatic carbocycles. The van der Waals surface area contributed by atoms with E-state index >= 15 is 0 Å². The second-order valence-corrected chi connectivity index (χ2v) is 7.00. The van der Waals surface area contributed by atoms with Gasteiger partial charge in [0.2, 0.25) is 0 Å². The van der Waals surface area contributed by atoms with E-state index in [4.69, 9.17) is 17.3 Å². The van der Waals surface area contributed by atoms with Crippen LogP contribution in [0.1, 0.15) is 41.5 Å². The van der Waals surface area contributed by atoms with Crippen LogP contribution in [-0.4, -0.2) is 29.2 Å². The zero-order chi connectivity index (χ0) is 16.0. The van der Waals surface area contributed by atoms with E-state index in [-0.39, 0.29) is 11.1 Å². The van der Waals surface area contributed by atoms with E-state index in [2.05, 4.69) is 31.4 Å². The molecule has 0 rings (SSSR count). The normalized spacial score (nSPS) is 14.3. The van der Waals surface area contributed by atoms with Gasteiger partial charge in [0, 0.05) is 48.0 Å². The van der Waals surface area contributed by atoms with Gasteiger partial charge < -0.3 is 27.1 Å². The molecule has 0 aliphatic heterocycles. The summed E-state index contributed by atoms with van der Waals surface area (Å²) in [5.41, 5.74) is 13.0. The summed E-state index contributed by atoms with van der Waals surface area (Å²) in [6.07, 6.45) is 3.55. The van der Waals surface area contributed by atoms with Crippen molar-refractivity contribution in [3.63, 3.8) is 0 Å². The Labute approximate surface area is 123 Å².